The molecule has 2 rings (SSSR count). The minimum absolute atomic E-state index is 0.0538. The van der Waals surface area contributed by atoms with Gasteiger partial charge in [-0.1, -0.05) is 6.07 Å². The van der Waals surface area contributed by atoms with Gasteiger partial charge in [0.25, 0.3) is 0 Å². The number of benzene rings is 1. The van der Waals surface area contributed by atoms with Gasteiger partial charge in [0.1, 0.15) is 23.3 Å². The molecule has 0 amide bonds. The fourth-order valence-electron chi connectivity index (χ4n) is 1.81. The van der Waals surface area contributed by atoms with Gasteiger partial charge in [0.05, 0.1) is 12.7 Å². The molecule has 112 valence electrons. The van der Waals surface area contributed by atoms with Crippen LogP contribution in [-0.2, 0) is 4.74 Å². The van der Waals surface area contributed by atoms with Gasteiger partial charge in [-0.25, -0.2) is 4.79 Å². The van der Waals surface area contributed by atoms with Crippen molar-refractivity contribution in [1.29, 1.82) is 0 Å². The van der Waals surface area contributed by atoms with Gasteiger partial charge in [0, 0.05) is 6.07 Å². The SMILES string of the molecule is CCOC(=O)c1cc(=O)c2c(OCC(C)O)cccc2o1. The van der Waals surface area contributed by atoms with Crippen molar-refractivity contribution in [2.75, 3.05) is 13.2 Å². The number of hydrogen-bond acceptors (Lipinski definition) is 6. The Labute approximate surface area is 120 Å². The highest BCUT2D eigenvalue weighted by Crippen LogP contribution is 2.23. The molecule has 0 aliphatic carbocycles. The number of carbonyl (C=O) groups is 1. The molecule has 1 unspecified atom stereocenters. The van der Waals surface area contributed by atoms with Crippen LogP contribution in [0.2, 0.25) is 0 Å². The van der Waals surface area contributed by atoms with Crippen LogP contribution in [0.3, 0.4) is 0 Å². The lowest BCUT2D eigenvalue weighted by Gasteiger charge is -2.10. The minimum atomic E-state index is -0.688. The Balaban J connectivity index is 2.47. The molecule has 0 bridgehead atoms. The van der Waals surface area contributed by atoms with Gasteiger partial charge in [-0.3, -0.25) is 4.79 Å². The monoisotopic (exact) mass is 292 g/mol. The minimum Gasteiger partial charge on any atom is -0.490 e. The lowest BCUT2D eigenvalue weighted by Crippen LogP contribution is -2.15. The largest absolute Gasteiger partial charge is 0.490 e. The van der Waals surface area contributed by atoms with Crippen molar-refractivity contribution in [2.24, 2.45) is 0 Å². The Bertz CT molecular complexity index is 701. The number of rotatable bonds is 5. The Kier molecular flexibility index (Phi) is 4.59. The molecular weight excluding hydrogens is 276 g/mol. The number of carbonyl (C=O) groups excluding carboxylic acids is 1. The smallest absolute Gasteiger partial charge is 0.374 e. The maximum atomic E-state index is 12.2. The maximum Gasteiger partial charge on any atom is 0.374 e. The summed E-state index contributed by atoms with van der Waals surface area (Å²) in [6.07, 6.45) is -0.661. The van der Waals surface area contributed by atoms with Crippen molar-refractivity contribution in [3.8, 4) is 5.75 Å². The van der Waals surface area contributed by atoms with Gasteiger partial charge in [-0.2, -0.15) is 0 Å². The molecule has 2 aromatic rings. The van der Waals surface area contributed by atoms with E-state index in [0.717, 1.165) is 6.07 Å². The third-order valence-electron chi connectivity index (χ3n) is 2.67. The summed E-state index contributed by atoms with van der Waals surface area (Å²) in [4.78, 5) is 23.8. The Morgan fingerprint density at radius 1 is 1.43 bits per heavy atom. The van der Waals surface area contributed by atoms with Crippen LogP contribution in [0.25, 0.3) is 11.0 Å². The highest BCUT2D eigenvalue weighted by atomic mass is 16.5. The molecule has 6 nitrogen and oxygen atoms in total. The molecule has 0 saturated carbocycles. The fourth-order valence-corrected chi connectivity index (χ4v) is 1.81. The van der Waals surface area contributed by atoms with Crippen molar-refractivity contribution in [2.45, 2.75) is 20.0 Å². The first-order valence-electron chi connectivity index (χ1n) is 6.57. The van der Waals surface area contributed by atoms with Gasteiger partial charge in [0.2, 0.25) is 5.76 Å². The van der Waals surface area contributed by atoms with Crippen LogP contribution in [-0.4, -0.2) is 30.4 Å². The molecule has 6 heteroatoms. The topological polar surface area (TPSA) is 86.0 Å². The molecular formula is C15H16O6. The molecule has 0 aliphatic rings. The second kappa shape index (κ2) is 6.41. The van der Waals surface area contributed by atoms with E-state index in [9.17, 15) is 14.7 Å². The van der Waals surface area contributed by atoms with Crippen LogP contribution in [0.5, 0.6) is 5.75 Å². The summed E-state index contributed by atoms with van der Waals surface area (Å²) in [5, 5.41) is 9.47. The number of fused-ring (bicyclic) bond motifs is 1. The van der Waals surface area contributed by atoms with Crippen LogP contribution in [0, 0.1) is 0 Å². The van der Waals surface area contributed by atoms with E-state index in [2.05, 4.69) is 0 Å². The predicted octanol–water partition coefficient (Wildman–Crippen LogP) is 1.73. The highest BCUT2D eigenvalue weighted by Gasteiger charge is 2.16. The summed E-state index contributed by atoms with van der Waals surface area (Å²) < 4.78 is 15.6. The first-order valence-corrected chi connectivity index (χ1v) is 6.57. The number of aliphatic hydroxyl groups is 1. The predicted molar refractivity (Wildman–Crippen MR) is 75.6 cm³/mol. The summed E-state index contributed by atoms with van der Waals surface area (Å²) in [6.45, 7) is 3.49. The van der Waals surface area contributed by atoms with E-state index in [4.69, 9.17) is 13.9 Å². The summed E-state index contributed by atoms with van der Waals surface area (Å²) in [5.41, 5.74) is -0.172. The summed E-state index contributed by atoms with van der Waals surface area (Å²) in [7, 11) is 0. The lowest BCUT2D eigenvalue weighted by molar-refractivity contribution is 0.0490. The maximum absolute atomic E-state index is 12.2. The van der Waals surface area contributed by atoms with E-state index in [1.807, 2.05) is 0 Å². The van der Waals surface area contributed by atoms with Crippen LogP contribution >= 0.6 is 0 Å². The van der Waals surface area contributed by atoms with Crippen molar-refractivity contribution in [3.05, 3.63) is 40.2 Å². The second-order valence-corrected chi connectivity index (χ2v) is 4.48. The molecule has 1 N–H and O–H groups in total. The molecule has 0 aliphatic heterocycles. The van der Waals surface area contributed by atoms with Crippen molar-refractivity contribution in [1.82, 2.24) is 0 Å². The standard InChI is InChI=1S/C15H16O6/c1-3-19-15(18)13-7-10(17)14-11(20-8-9(2)16)5-4-6-12(14)21-13/h4-7,9,16H,3,8H2,1-2H3. The molecule has 0 saturated heterocycles. The zero-order valence-electron chi connectivity index (χ0n) is 11.8. The Morgan fingerprint density at radius 2 is 2.19 bits per heavy atom. The molecule has 0 radical (unpaired) electrons. The van der Waals surface area contributed by atoms with Crippen molar-refractivity contribution < 1.29 is 23.8 Å². The van der Waals surface area contributed by atoms with E-state index in [0.29, 0.717) is 5.75 Å². The molecule has 0 fully saturated rings. The molecule has 1 atom stereocenters. The zero-order chi connectivity index (χ0) is 15.4. The summed E-state index contributed by atoms with van der Waals surface area (Å²) in [6, 6.07) is 5.88. The molecule has 0 spiro atoms. The highest BCUT2D eigenvalue weighted by molar-refractivity contribution is 5.90. The molecule has 1 heterocycles. The summed E-state index contributed by atoms with van der Waals surface area (Å²) in [5.74, 6) is -0.536. The van der Waals surface area contributed by atoms with E-state index in [1.165, 1.54) is 0 Å². The normalized spacial score (nSPS) is 12.1. The van der Waals surface area contributed by atoms with Crippen LogP contribution in [0.1, 0.15) is 24.4 Å². The second-order valence-electron chi connectivity index (χ2n) is 4.48. The average molecular weight is 292 g/mol. The lowest BCUT2D eigenvalue weighted by atomic mass is 10.2. The van der Waals surface area contributed by atoms with Gasteiger partial charge in [-0.15, -0.1) is 0 Å². The van der Waals surface area contributed by atoms with Crippen LogP contribution < -0.4 is 10.2 Å². The first-order chi connectivity index (χ1) is 10.0. The number of esters is 1. The van der Waals surface area contributed by atoms with E-state index < -0.39 is 17.5 Å². The van der Waals surface area contributed by atoms with E-state index >= 15 is 0 Å². The number of aliphatic hydroxyl groups excluding tert-OH is 1. The summed E-state index contributed by atoms with van der Waals surface area (Å²) >= 11 is 0. The number of ether oxygens (including phenoxy) is 2. The van der Waals surface area contributed by atoms with Crippen LogP contribution in [0.15, 0.2) is 33.5 Å². The number of hydrogen-bond donors (Lipinski definition) is 1. The van der Waals surface area contributed by atoms with Gasteiger partial charge in [-0.05, 0) is 26.0 Å². The third-order valence-corrected chi connectivity index (χ3v) is 2.67. The molecule has 21 heavy (non-hydrogen) atoms. The van der Waals surface area contributed by atoms with Crippen molar-refractivity contribution >= 4 is 16.9 Å². The van der Waals surface area contributed by atoms with Crippen LogP contribution in [0.4, 0.5) is 0 Å². The average Bonchev–Trinajstić information content (AvgIpc) is 2.44. The fraction of sp³-hybridized carbons (Fsp3) is 0.333. The molecule has 1 aromatic heterocycles. The first kappa shape index (κ1) is 15.1. The Morgan fingerprint density at radius 3 is 2.86 bits per heavy atom. The van der Waals surface area contributed by atoms with E-state index in [1.54, 1.807) is 32.0 Å². The zero-order valence-corrected chi connectivity index (χ0v) is 11.8. The Hall–Kier alpha value is -2.34. The quantitative estimate of drug-likeness (QED) is 0.845. The third kappa shape index (κ3) is 3.41. The van der Waals surface area contributed by atoms with Gasteiger partial charge < -0.3 is 19.0 Å². The van der Waals surface area contributed by atoms with E-state index in [-0.39, 0.29) is 29.9 Å². The van der Waals surface area contributed by atoms with Crippen molar-refractivity contribution in [3.63, 3.8) is 0 Å². The van der Waals surface area contributed by atoms with Gasteiger partial charge in [0.15, 0.2) is 5.43 Å². The van der Waals surface area contributed by atoms with Gasteiger partial charge >= 0.3 is 5.97 Å². The molecule has 1 aromatic carbocycles.